The van der Waals surface area contributed by atoms with E-state index in [1.165, 1.54) is 17.5 Å². The molecule has 1 aliphatic carbocycles. The molecule has 5 rings (SSSR count). The second-order valence-electron chi connectivity index (χ2n) is 6.98. The normalized spacial score (nSPS) is 14.6. The Balaban J connectivity index is 1.73. The summed E-state index contributed by atoms with van der Waals surface area (Å²) in [5.41, 5.74) is 3.28. The summed E-state index contributed by atoms with van der Waals surface area (Å²) in [5.74, 6) is 0.629. The summed E-state index contributed by atoms with van der Waals surface area (Å²) in [4.78, 5) is 12.9. The van der Waals surface area contributed by atoms with Gasteiger partial charge in [-0.05, 0) is 43.9 Å². The maximum atomic E-state index is 12.9. The first-order valence-electron chi connectivity index (χ1n) is 8.61. The van der Waals surface area contributed by atoms with Gasteiger partial charge in [-0.25, -0.2) is 0 Å². The molecule has 132 valence electrons. The molecular weight excluding hydrogens is 352 g/mol. The van der Waals surface area contributed by atoms with E-state index in [9.17, 15) is 4.79 Å². The summed E-state index contributed by atoms with van der Waals surface area (Å²) in [5, 5.41) is 14.6. The molecule has 1 aliphatic rings. The number of hydrogen-bond acceptors (Lipinski definition) is 4. The minimum atomic E-state index is -0.334. The van der Waals surface area contributed by atoms with Crippen molar-refractivity contribution < 1.29 is 0 Å². The third kappa shape index (κ3) is 2.34. The van der Waals surface area contributed by atoms with Crippen molar-refractivity contribution in [2.45, 2.75) is 26.3 Å². The van der Waals surface area contributed by atoms with Crippen LogP contribution in [-0.2, 0) is 13.6 Å². The van der Waals surface area contributed by atoms with Crippen molar-refractivity contribution in [1.29, 1.82) is 0 Å². The molecule has 0 saturated heterocycles. The number of rotatable bonds is 3. The summed E-state index contributed by atoms with van der Waals surface area (Å²) >= 11 is 6.48. The molecule has 0 unspecified atom stereocenters. The molecule has 1 fully saturated rings. The zero-order chi connectivity index (χ0) is 18.0. The fraction of sp³-hybridized carbons (Fsp3) is 0.333. The monoisotopic (exact) mass is 368 g/mol. The van der Waals surface area contributed by atoms with Crippen molar-refractivity contribution >= 4 is 33.5 Å². The van der Waals surface area contributed by atoms with Crippen LogP contribution in [-0.4, -0.2) is 29.3 Å². The highest BCUT2D eigenvalue weighted by Crippen LogP contribution is 2.32. The SMILES string of the molecule is Cc1nn(CC2CC2)c2c(Cl)c(=O)n(-c3ccc4nn(C)cc4c3)nc12. The topological polar surface area (TPSA) is 70.5 Å². The molecule has 3 heterocycles. The van der Waals surface area contributed by atoms with E-state index in [2.05, 4.69) is 15.3 Å². The molecule has 8 heteroatoms. The highest BCUT2D eigenvalue weighted by Gasteiger charge is 2.25. The zero-order valence-corrected chi connectivity index (χ0v) is 15.2. The maximum Gasteiger partial charge on any atom is 0.292 e. The van der Waals surface area contributed by atoms with E-state index in [4.69, 9.17) is 11.6 Å². The van der Waals surface area contributed by atoms with Gasteiger partial charge in [-0.2, -0.15) is 20.0 Å². The largest absolute Gasteiger partial charge is 0.292 e. The van der Waals surface area contributed by atoms with Crippen molar-refractivity contribution in [3.05, 3.63) is 45.5 Å². The fourth-order valence-electron chi connectivity index (χ4n) is 3.37. The number of aryl methyl sites for hydroxylation is 2. The van der Waals surface area contributed by atoms with Gasteiger partial charge >= 0.3 is 0 Å². The van der Waals surface area contributed by atoms with Crippen molar-refractivity contribution in [3.63, 3.8) is 0 Å². The predicted molar refractivity (Wildman–Crippen MR) is 99.9 cm³/mol. The molecule has 0 aliphatic heterocycles. The molecule has 7 nitrogen and oxygen atoms in total. The molecular formula is C18H17ClN6O. The Morgan fingerprint density at radius 3 is 2.81 bits per heavy atom. The summed E-state index contributed by atoms with van der Waals surface area (Å²) in [6.45, 7) is 2.69. The van der Waals surface area contributed by atoms with Gasteiger partial charge in [0.1, 0.15) is 16.1 Å². The Morgan fingerprint density at radius 2 is 2.04 bits per heavy atom. The summed E-state index contributed by atoms with van der Waals surface area (Å²) in [7, 11) is 1.87. The molecule has 3 aromatic heterocycles. The molecule has 1 aromatic carbocycles. The smallest absolute Gasteiger partial charge is 0.275 e. The first kappa shape index (κ1) is 15.6. The molecule has 0 bridgehead atoms. The number of nitrogens with zero attached hydrogens (tertiary/aromatic N) is 6. The van der Waals surface area contributed by atoms with E-state index in [-0.39, 0.29) is 10.6 Å². The Bertz CT molecular complexity index is 1230. The third-order valence-corrected chi connectivity index (χ3v) is 5.20. The van der Waals surface area contributed by atoms with Gasteiger partial charge in [0.2, 0.25) is 0 Å². The van der Waals surface area contributed by atoms with Crippen LogP contribution in [0.5, 0.6) is 0 Å². The molecule has 26 heavy (non-hydrogen) atoms. The summed E-state index contributed by atoms with van der Waals surface area (Å²) < 4.78 is 4.94. The quantitative estimate of drug-likeness (QED) is 0.557. The Labute approximate surface area is 153 Å². The number of halogens is 1. The van der Waals surface area contributed by atoms with Gasteiger partial charge in [0.25, 0.3) is 5.56 Å². The number of hydrogen-bond donors (Lipinski definition) is 0. The van der Waals surface area contributed by atoms with Crippen molar-refractivity contribution in [1.82, 2.24) is 29.3 Å². The van der Waals surface area contributed by atoms with Crippen LogP contribution in [0.25, 0.3) is 27.6 Å². The average molecular weight is 369 g/mol. The highest BCUT2D eigenvalue weighted by atomic mass is 35.5. The molecule has 0 amide bonds. The Hall–Kier alpha value is -2.67. The lowest BCUT2D eigenvalue weighted by molar-refractivity contribution is 0.576. The highest BCUT2D eigenvalue weighted by molar-refractivity contribution is 6.34. The Kier molecular flexibility index (Phi) is 3.24. The van der Waals surface area contributed by atoms with Gasteiger partial charge in [-0.3, -0.25) is 14.2 Å². The van der Waals surface area contributed by atoms with Crippen LogP contribution in [0.3, 0.4) is 0 Å². The van der Waals surface area contributed by atoms with Crippen LogP contribution in [0.2, 0.25) is 5.02 Å². The molecule has 0 atom stereocenters. The number of benzene rings is 1. The lowest BCUT2D eigenvalue weighted by atomic mass is 10.2. The van der Waals surface area contributed by atoms with Gasteiger partial charge in [-0.1, -0.05) is 11.6 Å². The van der Waals surface area contributed by atoms with E-state index in [1.54, 1.807) is 4.68 Å². The second-order valence-corrected chi connectivity index (χ2v) is 7.36. The molecule has 0 radical (unpaired) electrons. The van der Waals surface area contributed by atoms with Crippen LogP contribution < -0.4 is 5.56 Å². The van der Waals surface area contributed by atoms with Crippen LogP contribution in [0.15, 0.2) is 29.2 Å². The van der Waals surface area contributed by atoms with Crippen molar-refractivity contribution in [2.24, 2.45) is 13.0 Å². The predicted octanol–water partition coefficient (Wildman–Crippen LogP) is 2.84. The van der Waals surface area contributed by atoms with Crippen molar-refractivity contribution in [2.75, 3.05) is 0 Å². The van der Waals surface area contributed by atoms with Crippen LogP contribution >= 0.6 is 11.6 Å². The fourth-order valence-corrected chi connectivity index (χ4v) is 3.64. The summed E-state index contributed by atoms with van der Waals surface area (Å²) in [6.07, 6.45) is 4.31. The first-order chi connectivity index (χ1) is 12.5. The van der Waals surface area contributed by atoms with E-state index < -0.39 is 0 Å². The van der Waals surface area contributed by atoms with Crippen LogP contribution in [0, 0.1) is 12.8 Å². The number of aromatic nitrogens is 6. The lowest BCUT2D eigenvalue weighted by Gasteiger charge is -2.07. The minimum absolute atomic E-state index is 0.169. The second kappa shape index (κ2) is 5.41. The van der Waals surface area contributed by atoms with E-state index in [0.717, 1.165) is 23.1 Å². The first-order valence-corrected chi connectivity index (χ1v) is 8.99. The van der Waals surface area contributed by atoms with Gasteiger partial charge in [0.05, 0.1) is 16.9 Å². The van der Waals surface area contributed by atoms with Gasteiger partial charge in [-0.15, -0.1) is 0 Å². The van der Waals surface area contributed by atoms with Gasteiger partial charge in [0.15, 0.2) is 0 Å². The molecule has 4 aromatic rings. The zero-order valence-electron chi connectivity index (χ0n) is 14.5. The number of fused-ring (bicyclic) bond motifs is 2. The summed E-state index contributed by atoms with van der Waals surface area (Å²) in [6, 6.07) is 5.60. The standard InChI is InChI=1S/C18H17ClN6O/c1-10-16-17(24(20-10)8-11-3-4-11)15(19)18(26)25(22-16)13-5-6-14-12(7-13)9-23(2)21-14/h5-7,9,11H,3-4,8H2,1-2H3. The Morgan fingerprint density at radius 1 is 1.23 bits per heavy atom. The third-order valence-electron chi connectivity index (χ3n) is 4.86. The van der Waals surface area contributed by atoms with Gasteiger partial charge < -0.3 is 0 Å². The molecule has 0 spiro atoms. The van der Waals surface area contributed by atoms with Gasteiger partial charge in [0, 0.05) is 25.2 Å². The molecule has 0 N–H and O–H groups in total. The van der Waals surface area contributed by atoms with Crippen molar-refractivity contribution in [3.8, 4) is 5.69 Å². The minimum Gasteiger partial charge on any atom is -0.275 e. The average Bonchev–Trinajstić information content (AvgIpc) is 3.25. The maximum absolute atomic E-state index is 12.9. The van der Waals surface area contributed by atoms with E-state index in [0.29, 0.717) is 22.6 Å². The van der Waals surface area contributed by atoms with E-state index in [1.807, 2.05) is 43.0 Å². The van der Waals surface area contributed by atoms with E-state index >= 15 is 0 Å². The lowest BCUT2D eigenvalue weighted by Crippen LogP contribution is -2.22. The van der Waals surface area contributed by atoms with Crippen LogP contribution in [0.1, 0.15) is 18.5 Å². The molecule has 1 saturated carbocycles. The van der Waals surface area contributed by atoms with Crippen LogP contribution in [0.4, 0.5) is 0 Å².